The summed E-state index contributed by atoms with van der Waals surface area (Å²) in [7, 11) is 0. The third kappa shape index (κ3) is 5.08. The molecule has 0 radical (unpaired) electrons. The molecular weight excluding hydrogens is 406 g/mol. The number of nitrogens with one attached hydrogen (secondary N) is 2. The van der Waals surface area contributed by atoms with Crippen molar-refractivity contribution in [1.29, 1.82) is 0 Å². The maximum Gasteiger partial charge on any atom is 0.408 e. The first-order chi connectivity index (χ1) is 15.0. The van der Waals surface area contributed by atoms with Crippen molar-refractivity contribution in [1.82, 2.24) is 5.32 Å². The van der Waals surface area contributed by atoms with E-state index in [0.29, 0.717) is 11.1 Å². The van der Waals surface area contributed by atoms with E-state index in [4.69, 9.17) is 10.5 Å². The monoisotopic (exact) mass is 441 g/mol. The van der Waals surface area contributed by atoms with Crippen molar-refractivity contribution < 1.29 is 19.1 Å². The fourth-order valence-corrected chi connectivity index (χ4v) is 6.46. The summed E-state index contributed by atoms with van der Waals surface area (Å²) in [4.78, 5) is 36.3. The van der Waals surface area contributed by atoms with Crippen molar-refractivity contribution in [2.75, 3.05) is 5.32 Å². The SMILES string of the molecule is CC(C)(C)OC(=O)NC(CC(N)=O)C(=O)Nc1ccc(C23CC4CC(CC(C4)C2)C3)cc1. The molecule has 4 bridgehead atoms. The Morgan fingerprint density at radius 2 is 1.56 bits per heavy atom. The lowest BCUT2D eigenvalue weighted by molar-refractivity contribution is -0.124. The highest BCUT2D eigenvalue weighted by molar-refractivity contribution is 5.99. The summed E-state index contributed by atoms with van der Waals surface area (Å²) in [5.74, 6) is 1.42. The van der Waals surface area contributed by atoms with Crippen molar-refractivity contribution >= 4 is 23.6 Å². The zero-order valence-electron chi connectivity index (χ0n) is 19.3. The molecule has 32 heavy (non-hydrogen) atoms. The Kier molecular flexibility index (Phi) is 5.94. The van der Waals surface area contributed by atoms with E-state index >= 15 is 0 Å². The molecule has 0 heterocycles. The normalized spacial score (nSPS) is 29.3. The Hall–Kier alpha value is -2.57. The zero-order valence-corrected chi connectivity index (χ0v) is 19.3. The molecular formula is C25H35N3O4. The van der Waals surface area contributed by atoms with Gasteiger partial charge in [-0.15, -0.1) is 0 Å². The molecule has 4 N–H and O–H groups in total. The third-order valence-electron chi connectivity index (χ3n) is 7.22. The van der Waals surface area contributed by atoms with Crippen LogP contribution in [0.5, 0.6) is 0 Å². The van der Waals surface area contributed by atoms with Crippen LogP contribution in [0, 0.1) is 17.8 Å². The number of anilines is 1. The van der Waals surface area contributed by atoms with Crippen LogP contribution in [0.3, 0.4) is 0 Å². The number of alkyl carbamates (subject to hydrolysis) is 1. The molecule has 3 amide bonds. The van der Waals surface area contributed by atoms with Gasteiger partial charge in [0, 0.05) is 5.69 Å². The van der Waals surface area contributed by atoms with Gasteiger partial charge >= 0.3 is 6.09 Å². The van der Waals surface area contributed by atoms with Crippen LogP contribution in [0.15, 0.2) is 24.3 Å². The number of primary amides is 1. The lowest BCUT2D eigenvalue weighted by Crippen LogP contribution is -2.48. The van der Waals surface area contributed by atoms with Gasteiger partial charge in [0.2, 0.25) is 11.8 Å². The minimum Gasteiger partial charge on any atom is -0.444 e. The molecule has 4 saturated carbocycles. The van der Waals surface area contributed by atoms with Crippen molar-refractivity contribution in [2.45, 2.75) is 82.8 Å². The van der Waals surface area contributed by atoms with Crippen LogP contribution in [0.1, 0.15) is 71.3 Å². The van der Waals surface area contributed by atoms with Crippen LogP contribution in [-0.2, 0) is 19.7 Å². The first-order valence-corrected chi connectivity index (χ1v) is 11.7. The van der Waals surface area contributed by atoms with E-state index < -0.39 is 29.6 Å². The van der Waals surface area contributed by atoms with Crippen molar-refractivity contribution in [3.8, 4) is 0 Å². The fraction of sp³-hybridized carbons (Fsp3) is 0.640. The first kappa shape index (κ1) is 22.6. The van der Waals surface area contributed by atoms with Gasteiger partial charge in [-0.25, -0.2) is 4.79 Å². The molecule has 0 saturated heterocycles. The minimum atomic E-state index is -1.11. The molecule has 0 spiro atoms. The number of nitrogens with two attached hydrogens (primary N) is 1. The summed E-state index contributed by atoms with van der Waals surface area (Å²) in [6, 6.07) is 6.99. The molecule has 0 aliphatic heterocycles. The van der Waals surface area contributed by atoms with Crippen LogP contribution < -0.4 is 16.4 Å². The van der Waals surface area contributed by atoms with Crippen LogP contribution in [-0.4, -0.2) is 29.6 Å². The van der Waals surface area contributed by atoms with Gasteiger partial charge in [0.15, 0.2) is 0 Å². The van der Waals surface area contributed by atoms with E-state index in [9.17, 15) is 14.4 Å². The molecule has 1 aromatic carbocycles. The molecule has 4 aliphatic rings. The standard InChI is InChI=1S/C25H35N3O4/c1-24(2,3)32-23(31)28-20(11-21(26)29)22(30)27-19-6-4-18(5-7-19)25-12-15-8-16(13-25)10-17(9-15)14-25/h4-7,15-17,20H,8-14H2,1-3H3,(H2,26,29)(H,27,30)(H,28,31). The largest absolute Gasteiger partial charge is 0.444 e. The van der Waals surface area contributed by atoms with Gasteiger partial charge in [-0.3, -0.25) is 9.59 Å². The summed E-state index contributed by atoms with van der Waals surface area (Å²) >= 11 is 0. The number of carbonyl (C=O) groups excluding carboxylic acids is 3. The smallest absolute Gasteiger partial charge is 0.408 e. The molecule has 1 aromatic rings. The number of ether oxygens (including phenoxy) is 1. The van der Waals surface area contributed by atoms with Crippen molar-refractivity contribution in [3.63, 3.8) is 0 Å². The number of amides is 3. The number of hydrogen-bond donors (Lipinski definition) is 3. The highest BCUT2D eigenvalue weighted by atomic mass is 16.6. The predicted molar refractivity (Wildman–Crippen MR) is 122 cm³/mol. The Balaban J connectivity index is 1.42. The van der Waals surface area contributed by atoms with Crippen LogP contribution in [0.25, 0.3) is 0 Å². The molecule has 174 valence electrons. The quantitative estimate of drug-likeness (QED) is 0.622. The minimum absolute atomic E-state index is 0.296. The Bertz CT molecular complexity index is 852. The first-order valence-electron chi connectivity index (χ1n) is 11.7. The maximum absolute atomic E-state index is 12.8. The van der Waals surface area contributed by atoms with E-state index in [-0.39, 0.29) is 6.42 Å². The summed E-state index contributed by atoms with van der Waals surface area (Å²) < 4.78 is 5.20. The Labute approximate surface area is 189 Å². The zero-order chi connectivity index (χ0) is 23.1. The molecule has 7 nitrogen and oxygen atoms in total. The summed E-state index contributed by atoms with van der Waals surface area (Å²) in [5.41, 5.74) is 6.86. The van der Waals surface area contributed by atoms with Crippen LogP contribution in [0.2, 0.25) is 0 Å². The summed E-state index contributed by atoms with van der Waals surface area (Å²) in [6.45, 7) is 5.17. The highest BCUT2D eigenvalue weighted by Crippen LogP contribution is 2.60. The molecule has 0 aromatic heterocycles. The van der Waals surface area contributed by atoms with Crippen LogP contribution in [0.4, 0.5) is 10.5 Å². The molecule has 5 rings (SSSR count). The van der Waals surface area contributed by atoms with Crippen molar-refractivity contribution in [3.05, 3.63) is 29.8 Å². The molecule has 1 atom stereocenters. The van der Waals surface area contributed by atoms with Gasteiger partial charge in [-0.2, -0.15) is 0 Å². The average Bonchev–Trinajstić information content (AvgIpc) is 2.65. The number of benzene rings is 1. The number of hydrogen-bond acceptors (Lipinski definition) is 4. The van der Waals surface area contributed by atoms with Crippen molar-refractivity contribution in [2.24, 2.45) is 23.5 Å². The van der Waals surface area contributed by atoms with Gasteiger partial charge in [0.1, 0.15) is 11.6 Å². The molecule has 4 aliphatic carbocycles. The van der Waals surface area contributed by atoms with E-state index in [1.165, 1.54) is 44.1 Å². The third-order valence-corrected chi connectivity index (χ3v) is 7.22. The fourth-order valence-electron chi connectivity index (χ4n) is 6.46. The van der Waals surface area contributed by atoms with Gasteiger partial charge in [0.05, 0.1) is 6.42 Å². The Morgan fingerprint density at radius 3 is 2.03 bits per heavy atom. The second-order valence-corrected chi connectivity index (χ2v) is 11.1. The maximum atomic E-state index is 12.8. The second kappa shape index (κ2) is 8.41. The van der Waals surface area contributed by atoms with Gasteiger partial charge < -0.3 is 21.1 Å². The lowest BCUT2D eigenvalue weighted by Gasteiger charge is -2.57. The topological polar surface area (TPSA) is 111 Å². The average molecular weight is 442 g/mol. The summed E-state index contributed by atoms with van der Waals surface area (Å²) in [5, 5.41) is 5.25. The predicted octanol–water partition coefficient (Wildman–Crippen LogP) is 3.86. The number of rotatable bonds is 6. The second-order valence-electron chi connectivity index (χ2n) is 11.1. The van der Waals surface area contributed by atoms with E-state index in [1.54, 1.807) is 20.8 Å². The highest BCUT2D eigenvalue weighted by Gasteiger charge is 2.51. The Morgan fingerprint density at radius 1 is 1.03 bits per heavy atom. The number of carbonyl (C=O) groups is 3. The van der Waals surface area contributed by atoms with E-state index in [1.807, 2.05) is 12.1 Å². The van der Waals surface area contributed by atoms with Crippen LogP contribution >= 0.6 is 0 Å². The van der Waals surface area contributed by atoms with E-state index in [0.717, 1.165) is 17.8 Å². The van der Waals surface area contributed by atoms with Gasteiger partial charge in [-0.05, 0) is 100 Å². The molecule has 4 fully saturated rings. The van der Waals surface area contributed by atoms with E-state index in [2.05, 4.69) is 22.8 Å². The van der Waals surface area contributed by atoms with Gasteiger partial charge in [0.25, 0.3) is 0 Å². The van der Waals surface area contributed by atoms with Gasteiger partial charge in [-0.1, -0.05) is 12.1 Å². The molecule has 7 heteroatoms. The lowest BCUT2D eigenvalue weighted by atomic mass is 9.48. The molecule has 1 unspecified atom stereocenters. The summed E-state index contributed by atoms with van der Waals surface area (Å²) in [6.07, 6.45) is 6.98.